The van der Waals surface area contributed by atoms with Crippen molar-refractivity contribution in [3.8, 4) is 0 Å². The number of benzene rings is 2. The molecule has 0 saturated carbocycles. The number of para-hydroxylation sites is 1. The molecule has 3 rings (SSSR count). The number of fused-ring (bicyclic) bond motifs is 1. The Morgan fingerprint density at radius 1 is 1.24 bits per heavy atom. The van der Waals surface area contributed by atoms with E-state index in [4.69, 9.17) is 0 Å². The van der Waals surface area contributed by atoms with Gasteiger partial charge in [0, 0.05) is 11.9 Å². The number of aromatic nitrogens is 1. The van der Waals surface area contributed by atoms with E-state index in [0.717, 1.165) is 15.2 Å². The van der Waals surface area contributed by atoms with Gasteiger partial charge in [0.05, 0.1) is 22.0 Å². The first kappa shape index (κ1) is 18.0. The number of aryl methyl sites for hydroxylation is 2. The van der Waals surface area contributed by atoms with E-state index >= 15 is 0 Å². The Hall–Kier alpha value is -1.85. The highest BCUT2D eigenvalue weighted by molar-refractivity contribution is 8.00. The normalized spacial score (nSPS) is 12.3. The van der Waals surface area contributed by atoms with Crippen LogP contribution in [0.2, 0.25) is 0 Å². The van der Waals surface area contributed by atoms with Gasteiger partial charge in [0.2, 0.25) is 5.91 Å². The van der Waals surface area contributed by atoms with Gasteiger partial charge in [0.15, 0.2) is 0 Å². The zero-order valence-corrected chi connectivity index (χ0v) is 16.6. The third-order valence-electron chi connectivity index (χ3n) is 4.32. The molecular weight excluding hydrogens is 348 g/mol. The number of hydrogen-bond donors (Lipinski definition) is 0. The zero-order chi connectivity index (χ0) is 18.0. The van der Waals surface area contributed by atoms with Crippen LogP contribution < -0.4 is 0 Å². The summed E-state index contributed by atoms with van der Waals surface area (Å²) in [6.45, 7) is 6.21. The molecule has 1 atom stereocenters. The number of nitrogens with zero attached hydrogens (tertiary/aromatic N) is 2. The summed E-state index contributed by atoms with van der Waals surface area (Å²) in [6.07, 6.45) is 0. The van der Waals surface area contributed by atoms with Crippen LogP contribution in [0.15, 0.2) is 47.4 Å². The van der Waals surface area contributed by atoms with E-state index in [0.29, 0.717) is 5.75 Å². The number of carbonyl (C=O) groups is 1. The average Bonchev–Trinajstić information content (AvgIpc) is 3.03. The molecule has 0 aliphatic heterocycles. The van der Waals surface area contributed by atoms with Crippen LogP contribution in [0.4, 0.5) is 0 Å². The van der Waals surface area contributed by atoms with Gasteiger partial charge in [-0.1, -0.05) is 29.8 Å². The van der Waals surface area contributed by atoms with Crippen molar-refractivity contribution in [2.45, 2.75) is 31.7 Å². The standard InChI is InChI=1S/C20H22N2OS2/c1-13-9-10-17(14(2)11-13)24-12-19(23)22(4)15(3)20-21-16-7-5-6-8-18(16)25-20/h5-11,15H,12H2,1-4H3. The molecule has 0 N–H and O–H groups in total. The average molecular weight is 371 g/mol. The predicted octanol–water partition coefficient (Wildman–Crippen LogP) is 5.22. The fourth-order valence-electron chi connectivity index (χ4n) is 2.65. The van der Waals surface area contributed by atoms with Crippen LogP contribution in [0.25, 0.3) is 10.2 Å². The summed E-state index contributed by atoms with van der Waals surface area (Å²) in [5.41, 5.74) is 3.47. The third kappa shape index (κ3) is 4.05. The minimum atomic E-state index is -0.0235. The maximum atomic E-state index is 12.6. The summed E-state index contributed by atoms with van der Waals surface area (Å²) in [4.78, 5) is 20.2. The smallest absolute Gasteiger partial charge is 0.233 e. The summed E-state index contributed by atoms with van der Waals surface area (Å²) in [6, 6.07) is 14.4. The van der Waals surface area contributed by atoms with Crippen LogP contribution in [0.3, 0.4) is 0 Å². The van der Waals surface area contributed by atoms with Gasteiger partial charge >= 0.3 is 0 Å². The van der Waals surface area contributed by atoms with Crippen molar-refractivity contribution in [3.63, 3.8) is 0 Å². The van der Waals surface area contributed by atoms with Crippen molar-refractivity contribution in [1.82, 2.24) is 9.88 Å². The molecule has 1 unspecified atom stereocenters. The summed E-state index contributed by atoms with van der Waals surface area (Å²) >= 11 is 3.26. The fraction of sp³-hybridized carbons (Fsp3) is 0.300. The van der Waals surface area contributed by atoms with Crippen molar-refractivity contribution in [2.75, 3.05) is 12.8 Å². The lowest BCUT2D eigenvalue weighted by Gasteiger charge is -2.23. The maximum Gasteiger partial charge on any atom is 0.233 e. The Morgan fingerprint density at radius 2 is 2.00 bits per heavy atom. The largest absolute Gasteiger partial charge is 0.336 e. The molecule has 0 spiro atoms. The molecule has 130 valence electrons. The Balaban J connectivity index is 1.66. The monoisotopic (exact) mass is 370 g/mol. The molecule has 0 bridgehead atoms. The Kier molecular flexibility index (Phi) is 5.45. The van der Waals surface area contributed by atoms with Crippen molar-refractivity contribution >= 4 is 39.2 Å². The van der Waals surface area contributed by atoms with Gasteiger partial charge in [0.25, 0.3) is 0 Å². The van der Waals surface area contributed by atoms with Crippen LogP contribution in [0.1, 0.15) is 29.1 Å². The van der Waals surface area contributed by atoms with Gasteiger partial charge in [-0.05, 0) is 44.5 Å². The lowest BCUT2D eigenvalue weighted by atomic mass is 10.2. The molecule has 0 aliphatic carbocycles. The predicted molar refractivity (Wildman–Crippen MR) is 107 cm³/mol. The van der Waals surface area contributed by atoms with E-state index in [-0.39, 0.29) is 11.9 Å². The number of rotatable bonds is 5. The van der Waals surface area contributed by atoms with E-state index in [2.05, 4.69) is 43.1 Å². The number of hydrogen-bond acceptors (Lipinski definition) is 4. The molecule has 5 heteroatoms. The van der Waals surface area contributed by atoms with Crippen molar-refractivity contribution < 1.29 is 4.79 Å². The van der Waals surface area contributed by atoms with Gasteiger partial charge in [0.1, 0.15) is 5.01 Å². The van der Waals surface area contributed by atoms with E-state index in [1.807, 2.05) is 32.2 Å². The molecule has 0 radical (unpaired) electrons. The summed E-state index contributed by atoms with van der Waals surface area (Å²) in [7, 11) is 1.86. The zero-order valence-electron chi connectivity index (χ0n) is 14.9. The summed E-state index contributed by atoms with van der Waals surface area (Å²) in [5, 5.41) is 0.980. The van der Waals surface area contributed by atoms with Crippen molar-refractivity contribution in [2.24, 2.45) is 0 Å². The van der Waals surface area contributed by atoms with Crippen LogP contribution in [0.5, 0.6) is 0 Å². The number of carbonyl (C=O) groups excluding carboxylic acids is 1. The molecule has 25 heavy (non-hydrogen) atoms. The van der Waals surface area contributed by atoms with E-state index < -0.39 is 0 Å². The molecule has 1 aromatic heterocycles. The number of thiazole rings is 1. The topological polar surface area (TPSA) is 33.2 Å². The molecule has 0 fully saturated rings. The first-order valence-electron chi connectivity index (χ1n) is 8.27. The first-order valence-corrected chi connectivity index (χ1v) is 10.1. The van der Waals surface area contributed by atoms with E-state index in [9.17, 15) is 4.79 Å². The fourth-order valence-corrected chi connectivity index (χ4v) is 4.65. The second-order valence-electron chi connectivity index (χ2n) is 6.26. The van der Waals surface area contributed by atoms with Gasteiger partial charge in [-0.15, -0.1) is 23.1 Å². The number of thioether (sulfide) groups is 1. The lowest BCUT2D eigenvalue weighted by Crippen LogP contribution is -2.31. The van der Waals surface area contributed by atoms with E-state index in [1.165, 1.54) is 16.0 Å². The highest BCUT2D eigenvalue weighted by Gasteiger charge is 2.20. The number of amides is 1. The van der Waals surface area contributed by atoms with Gasteiger partial charge in [-0.25, -0.2) is 4.98 Å². The highest BCUT2D eigenvalue weighted by Crippen LogP contribution is 2.30. The molecule has 2 aromatic carbocycles. The lowest BCUT2D eigenvalue weighted by molar-refractivity contribution is -0.128. The quantitative estimate of drug-likeness (QED) is 0.577. The van der Waals surface area contributed by atoms with Gasteiger partial charge < -0.3 is 4.90 Å². The summed E-state index contributed by atoms with van der Waals surface area (Å²) < 4.78 is 1.16. The van der Waals surface area contributed by atoms with Gasteiger partial charge in [-0.3, -0.25) is 4.79 Å². The second kappa shape index (κ2) is 7.58. The minimum Gasteiger partial charge on any atom is -0.336 e. The Bertz CT molecular complexity index is 871. The Morgan fingerprint density at radius 3 is 2.72 bits per heavy atom. The van der Waals surface area contributed by atoms with Gasteiger partial charge in [-0.2, -0.15) is 0 Å². The Labute approximate surface area is 157 Å². The van der Waals surface area contributed by atoms with Crippen molar-refractivity contribution in [1.29, 1.82) is 0 Å². The maximum absolute atomic E-state index is 12.6. The SMILES string of the molecule is Cc1ccc(SCC(=O)N(C)C(C)c2nc3ccccc3s2)c(C)c1. The summed E-state index contributed by atoms with van der Waals surface area (Å²) in [5.74, 6) is 0.562. The second-order valence-corrected chi connectivity index (χ2v) is 8.34. The molecule has 3 nitrogen and oxygen atoms in total. The molecular formula is C20H22N2OS2. The third-order valence-corrected chi connectivity index (χ3v) is 6.69. The molecule has 0 aliphatic rings. The first-order chi connectivity index (χ1) is 12.0. The molecule has 0 saturated heterocycles. The molecule has 3 aromatic rings. The van der Waals surface area contributed by atoms with Crippen molar-refractivity contribution in [3.05, 3.63) is 58.6 Å². The minimum absolute atomic E-state index is 0.0235. The van der Waals surface area contributed by atoms with E-state index in [1.54, 1.807) is 28.0 Å². The molecule has 1 amide bonds. The highest BCUT2D eigenvalue weighted by atomic mass is 32.2. The van der Waals surface area contributed by atoms with Crippen LogP contribution in [-0.2, 0) is 4.79 Å². The van der Waals surface area contributed by atoms with Crippen LogP contribution in [0, 0.1) is 13.8 Å². The van der Waals surface area contributed by atoms with Crippen LogP contribution in [-0.4, -0.2) is 28.6 Å². The molecule has 1 heterocycles. The van der Waals surface area contributed by atoms with Crippen LogP contribution >= 0.6 is 23.1 Å².